The van der Waals surface area contributed by atoms with Crippen LogP contribution in [0.5, 0.6) is 5.75 Å². The Morgan fingerprint density at radius 2 is 2.00 bits per heavy atom. The molecule has 0 heterocycles. The van der Waals surface area contributed by atoms with Crippen molar-refractivity contribution < 1.29 is 4.74 Å². The van der Waals surface area contributed by atoms with E-state index in [1.54, 1.807) is 0 Å². The molecule has 0 aromatic heterocycles. The molecule has 1 aromatic carbocycles. The average Bonchev–Trinajstić information content (AvgIpc) is 2.16. The van der Waals surface area contributed by atoms with Crippen molar-refractivity contribution in [2.24, 2.45) is 0 Å². The number of rotatable bonds is 4. The van der Waals surface area contributed by atoms with Crippen molar-refractivity contribution in [1.82, 2.24) is 0 Å². The summed E-state index contributed by atoms with van der Waals surface area (Å²) in [7, 11) is 0. The Bertz CT molecular complexity index is 300. The summed E-state index contributed by atoms with van der Waals surface area (Å²) in [5, 5.41) is 0. The first kappa shape index (κ1) is 10.8. The van der Waals surface area contributed by atoms with E-state index in [0.717, 1.165) is 17.7 Å². The standard InChI is InChI=1S/C13H18O/c1-4-5-8-12-9-6-7-10-13(12)14-11(2)3/h5-11H,4H2,1-3H3/b8-5+. The van der Waals surface area contributed by atoms with E-state index in [1.165, 1.54) is 0 Å². The summed E-state index contributed by atoms with van der Waals surface area (Å²) >= 11 is 0. The summed E-state index contributed by atoms with van der Waals surface area (Å²) in [5.74, 6) is 0.965. The van der Waals surface area contributed by atoms with E-state index in [4.69, 9.17) is 4.74 Å². The predicted octanol–water partition coefficient (Wildman–Crippen LogP) is 3.90. The maximum absolute atomic E-state index is 5.69. The lowest BCUT2D eigenvalue weighted by molar-refractivity contribution is 0.242. The largest absolute Gasteiger partial charge is 0.490 e. The van der Waals surface area contributed by atoms with Crippen molar-refractivity contribution in [3.05, 3.63) is 35.9 Å². The van der Waals surface area contributed by atoms with Crippen molar-refractivity contribution in [1.29, 1.82) is 0 Å². The van der Waals surface area contributed by atoms with Gasteiger partial charge >= 0.3 is 0 Å². The van der Waals surface area contributed by atoms with Gasteiger partial charge in [-0.1, -0.05) is 37.3 Å². The maximum Gasteiger partial charge on any atom is 0.126 e. The van der Waals surface area contributed by atoms with Crippen molar-refractivity contribution in [3.8, 4) is 5.75 Å². The van der Waals surface area contributed by atoms with E-state index in [-0.39, 0.29) is 6.10 Å². The van der Waals surface area contributed by atoms with Crippen LogP contribution < -0.4 is 4.74 Å². The Labute approximate surface area is 86.4 Å². The van der Waals surface area contributed by atoms with Crippen LogP contribution in [0, 0.1) is 0 Å². The van der Waals surface area contributed by atoms with Gasteiger partial charge in [-0.15, -0.1) is 0 Å². The van der Waals surface area contributed by atoms with Gasteiger partial charge in [-0.05, 0) is 26.3 Å². The molecule has 1 rings (SSSR count). The molecule has 0 spiro atoms. The minimum Gasteiger partial charge on any atom is -0.490 e. The molecule has 0 fully saturated rings. The Kier molecular flexibility index (Phi) is 4.24. The highest BCUT2D eigenvalue weighted by molar-refractivity contribution is 5.57. The quantitative estimate of drug-likeness (QED) is 0.699. The van der Waals surface area contributed by atoms with Gasteiger partial charge in [0.1, 0.15) is 5.75 Å². The topological polar surface area (TPSA) is 9.23 Å². The van der Waals surface area contributed by atoms with Crippen molar-refractivity contribution in [3.63, 3.8) is 0 Å². The number of benzene rings is 1. The first-order valence-electron chi connectivity index (χ1n) is 5.16. The fraction of sp³-hybridized carbons (Fsp3) is 0.385. The highest BCUT2D eigenvalue weighted by Gasteiger charge is 2.00. The number of allylic oxidation sites excluding steroid dienone is 1. The van der Waals surface area contributed by atoms with Gasteiger partial charge in [0.15, 0.2) is 0 Å². The number of ether oxygens (including phenoxy) is 1. The van der Waals surface area contributed by atoms with Gasteiger partial charge in [-0.2, -0.15) is 0 Å². The van der Waals surface area contributed by atoms with E-state index >= 15 is 0 Å². The fourth-order valence-corrected chi connectivity index (χ4v) is 1.22. The Hall–Kier alpha value is -1.24. The summed E-state index contributed by atoms with van der Waals surface area (Å²) in [6.45, 7) is 6.21. The van der Waals surface area contributed by atoms with E-state index in [2.05, 4.69) is 25.1 Å². The molecule has 1 heteroatoms. The Balaban J connectivity index is 2.85. The van der Waals surface area contributed by atoms with E-state index in [9.17, 15) is 0 Å². The fourth-order valence-electron chi connectivity index (χ4n) is 1.22. The lowest BCUT2D eigenvalue weighted by atomic mass is 10.2. The van der Waals surface area contributed by atoms with Crippen LogP contribution in [-0.2, 0) is 0 Å². The smallest absolute Gasteiger partial charge is 0.126 e. The third kappa shape index (κ3) is 3.25. The van der Waals surface area contributed by atoms with Crippen molar-refractivity contribution >= 4 is 6.08 Å². The lowest BCUT2D eigenvalue weighted by Crippen LogP contribution is -2.06. The zero-order valence-corrected chi connectivity index (χ0v) is 9.16. The molecular weight excluding hydrogens is 172 g/mol. The lowest BCUT2D eigenvalue weighted by Gasteiger charge is -2.11. The summed E-state index contributed by atoms with van der Waals surface area (Å²) in [4.78, 5) is 0. The van der Waals surface area contributed by atoms with Gasteiger partial charge in [0.2, 0.25) is 0 Å². The summed E-state index contributed by atoms with van der Waals surface area (Å²) < 4.78 is 5.69. The zero-order valence-electron chi connectivity index (χ0n) is 9.16. The van der Waals surface area contributed by atoms with E-state index < -0.39 is 0 Å². The molecule has 0 saturated carbocycles. The third-order valence-electron chi connectivity index (χ3n) is 1.81. The van der Waals surface area contributed by atoms with Crippen LogP contribution in [0.4, 0.5) is 0 Å². The molecule has 0 unspecified atom stereocenters. The van der Waals surface area contributed by atoms with Crippen LogP contribution in [0.25, 0.3) is 6.08 Å². The molecule has 1 aromatic rings. The number of para-hydroxylation sites is 1. The molecule has 76 valence electrons. The molecular formula is C13H18O. The van der Waals surface area contributed by atoms with Crippen LogP contribution in [0.15, 0.2) is 30.3 Å². The second-order valence-electron chi connectivity index (χ2n) is 3.52. The third-order valence-corrected chi connectivity index (χ3v) is 1.81. The van der Waals surface area contributed by atoms with Gasteiger partial charge < -0.3 is 4.74 Å². The highest BCUT2D eigenvalue weighted by atomic mass is 16.5. The molecule has 0 saturated heterocycles. The predicted molar refractivity (Wildman–Crippen MR) is 61.5 cm³/mol. The SMILES string of the molecule is CC/C=C/c1ccccc1OC(C)C. The van der Waals surface area contributed by atoms with Crippen molar-refractivity contribution in [2.75, 3.05) is 0 Å². The minimum absolute atomic E-state index is 0.228. The van der Waals surface area contributed by atoms with Gasteiger partial charge in [-0.25, -0.2) is 0 Å². The first-order valence-corrected chi connectivity index (χ1v) is 5.16. The van der Waals surface area contributed by atoms with Crippen LogP contribution in [0.3, 0.4) is 0 Å². The first-order chi connectivity index (χ1) is 6.74. The van der Waals surface area contributed by atoms with Crippen molar-refractivity contribution in [2.45, 2.75) is 33.3 Å². The van der Waals surface area contributed by atoms with Crippen LogP contribution in [-0.4, -0.2) is 6.10 Å². The van der Waals surface area contributed by atoms with Gasteiger partial charge in [0, 0.05) is 5.56 Å². The van der Waals surface area contributed by atoms with Gasteiger partial charge in [0.05, 0.1) is 6.10 Å². The Morgan fingerprint density at radius 1 is 1.29 bits per heavy atom. The molecule has 0 radical (unpaired) electrons. The summed E-state index contributed by atoms with van der Waals surface area (Å²) in [5.41, 5.74) is 1.16. The normalized spacial score (nSPS) is 11.1. The highest BCUT2D eigenvalue weighted by Crippen LogP contribution is 2.20. The summed E-state index contributed by atoms with van der Waals surface area (Å²) in [6.07, 6.45) is 5.53. The number of hydrogen-bond donors (Lipinski definition) is 0. The van der Waals surface area contributed by atoms with Crippen LogP contribution in [0.1, 0.15) is 32.8 Å². The molecule has 0 atom stereocenters. The van der Waals surface area contributed by atoms with Crippen LogP contribution >= 0.6 is 0 Å². The zero-order chi connectivity index (χ0) is 10.4. The second-order valence-corrected chi connectivity index (χ2v) is 3.52. The molecule has 0 amide bonds. The maximum atomic E-state index is 5.69. The number of hydrogen-bond acceptors (Lipinski definition) is 1. The Morgan fingerprint density at radius 3 is 2.64 bits per heavy atom. The van der Waals surface area contributed by atoms with Gasteiger partial charge in [-0.3, -0.25) is 0 Å². The molecule has 0 aliphatic heterocycles. The van der Waals surface area contributed by atoms with E-state index in [0.29, 0.717) is 0 Å². The second kappa shape index (κ2) is 5.48. The molecule has 1 nitrogen and oxygen atoms in total. The molecule has 0 aliphatic rings. The monoisotopic (exact) mass is 190 g/mol. The van der Waals surface area contributed by atoms with Gasteiger partial charge in [0.25, 0.3) is 0 Å². The molecule has 14 heavy (non-hydrogen) atoms. The average molecular weight is 190 g/mol. The van der Waals surface area contributed by atoms with E-state index in [1.807, 2.05) is 32.0 Å². The molecule has 0 bridgehead atoms. The minimum atomic E-state index is 0.228. The van der Waals surface area contributed by atoms with Crippen LogP contribution in [0.2, 0.25) is 0 Å². The summed E-state index contributed by atoms with van der Waals surface area (Å²) in [6, 6.07) is 8.11. The molecule has 0 N–H and O–H groups in total. The molecule has 0 aliphatic carbocycles.